The Bertz CT molecular complexity index is 582. The largest absolute Gasteiger partial charge is 1.00 e. The molecule has 2 aromatic rings. The Hall–Kier alpha value is -2.05. The van der Waals surface area contributed by atoms with E-state index in [-0.39, 0.29) is 18.3 Å². The molecule has 100 valence electrons. The van der Waals surface area contributed by atoms with E-state index >= 15 is 0 Å². The molecule has 0 aliphatic heterocycles. The van der Waals surface area contributed by atoms with Crippen LogP contribution >= 0.6 is 0 Å². The van der Waals surface area contributed by atoms with Crippen LogP contribution in [0, 0.1) is 0 Å². The summed E-state index contributed by atoms with van der Waals surface area (Å²) in [6.07, 6.45) is 5.20. The summed E-state index contributed by atoms with van der Waals surface area (Å²) >= 11 is 0. The zero-order valence-electron chi connectivity index (χ0n) is 10.2. The van der Waals surface area contributed by atoms with Crippen molar-refractivity contribution in [2.75, 3.05) is 6.54 Å². The fraction of sp³-hybridized carbons (Fsp3) is 0.167. The molecule has 1 heterocycles. The molecule has 0 fully saturated rings. The quantitative estimate of drug-likeness (QED) is 0.454. The molecule has 4 N–H and O–H groups in total. The first-order chi connectivity index (χ1) is 8.81. The van der Waals surface area contributed by atoms with Crippen molar-refractivity contribution in [2.24, 2.45) is 5.10 Å². The predicted octanol–water partition coefficient (Wildman–Crippen LogP) is -3.28. The first kappa shape index (κ1) is 15.0. The normalized spacial score (nSPS) is 10.4. The highest BCUT2D eigenvalue weighted by Crippen LogP contribution is 2.11. The van der Waals surface area contributed by atoms with Crippen molar-refractivity contribution in [1.29, 1.82) is 0 Å². The van der Waals surface area contributed by atoms with Gasteiger partial charge in [0.1, 0.15) is 0 Å². The SMILES string of the molecule is [Cl-].[NH3+]CCC(=O)NN=Cc1cccc2nccnc12. The van der Waals surface area contributed by atoms with Gasteiger partial charge in [-0.2, -0.15) is 5.10 Å². The number of aromatic nitrogens is 2. The van der Waals surface area contributed by atoms with Crippen molar-refractivity contribution in [3.8, 4) is 0 Å². The van der Waals surface area contributed by atoms with E-state index in [4.69, 9.17) is 0 Å². The van der Waals surface area contributed by atoms with E-state index in [1.165, 1.54) is 0 Å². The maximum absolute atomic E-state index is 11.2. The van der Waals surface area contributed by atoms with Crippen LogP contribution in [0.25, 0.3) is 11.0 Å². The first-order valence-electron chi connectivity index (χ1n) is 5.62. The van der Waals surface area contributed by atoms with Gasteiger partial charge < -0.3 is 18.1 Å². The molecule has 0 saturated carbocycles. The van der Waals surface area contributed by atoms with Gasteiger partial charge in [0, 0.05) is 18.0 Å². The number of hydrogen-bond donors (Lipinski definition) is 2. The molecule has 1 aromatic heterocycles. The maximum Gasteiger partial charge on any atom is 0.245 e. The van der Waals surface area contributed by atoms with Crippen molar-refractivity contribution in [3.05, 3.63) is 36.2 Å². The number of benzene rings is 1. The van der Waals surface area contributed by atoms with Crippen LogP contribution in [-0.4, -0.2) is 28.6 Å². The molecule has 1 amide bonds. The summed E-state index contributed by atoms with van der Waals surface area (Å²) in [5, 5.41) is 3.89. The standard InChI is InChI=1S/C12H13N5O.ClH/c13-5-4-11(18)17-16-8-9-2-1-3-10-12(9)15-7-6-14-10;/h1-3,6-8H,4-5,13H2,(H,17,18);1H. The number of halogens is 1. The topological polar surface area (TPSA) is 94.9 Å². The number of hydrazone groups is 1. The molecule has 0 radical (unpaired) electrons. The van der Waals surface area contributed by atoms with Crippen molar-refractivity contribution in [3.63, 3.8) is 0 Å². The first-order valence-corrected chi connectivity index (χ1v) is 5.62. The zero-order valence-corrected chi connectivity index (χ0v) is 11.0. The third kappa shape index (κ3) is 3.97. The third-order valence-electron chi connectivity index (χ3n) is 2.33. The molecule has 2 rings (SSSR count). The zero-order chi connectivity index (χ0) is 12.8. The lowest BCUT2D eigenvalue weighted by molar-refractivity contribution is -0.366. The van der Waals surface area contributed by atoms with Gasteiger partial charge in [-0.25, -0.2) is 5.43 Å². The number of hydrogen-bond acceptors (Lipinski definition) is 4. The number of amides is 1. The van der Waals surface area contributed by atoms with Gasteiger partial charge in [-0.15, -0.1) is 0 Å². The van der Waals surface area contributed by atoms with E-state index in [0.717, 1.165) is 16.6 Å². The summed E-state index contributed by atoms with van der Waals surface area (Å²) in [5.74, 6) is -0.146. The lowest BCUT2D eigenvalue weighted by Crippen LogP contribution is -3.00. The molecule has 1 aromatic carbocycles. The Morgan fingerprint density at radius 3 is 2.95 bits per heavy atom. The van der Waals surface area contributed by atoms with E-state index in [2.05, 4.69) is 26.2 Å². The number of para-hydroxylation sites is 1. The molecule has 19 heavy (non-hydrogen) atoms. The van der Waals surface area contributed by atoms with Crippen molar-refractivity contribution in [2.45, 2.75) is 6.42 Å². The minimum atomic E-state index is -0.146. The van der Waals surface area contributed by atoms with Gasteiger partial charge in [-0.1, -0.05) is 12.1 Å². The molecular formula is C12H14ClN5O. The van der Waals surface area contributed by atoms with Crippen LogP contribution in [0.3, 0.4) is 0 Å². The number of nitrogens with zero attached hydrogens (tertiary/aromatic N) is 3. The second-order valence-electron chi connectivity index (χ2n) is 3.67. The van der Waals surface area contributed by atoms with Crippen molar-refractivity contribution >= 4 is 23.2 Å². The fourth-order valence-electron chi connectivity index (χ4n) is 1.51. The second kappa shape index (κ2) is 7.40. The highest BCUT2D eigenvalue weighted by atomic mass is 35.5. The molecule has 0 bridgehead atoms. The monoisotopic (exact) mass is 279 g/mol. The Morgan fingerprint density at radius 2 is 2.16 bits per heavy atom. The lowest BCUT2D eigenvalue weighted by Gasteiger charge is -1.99. The summed E-state index contributed by atoms with van der Waals surface area (Å²) in [5.41, 5.74) is 8.41. The van der Waals surface area contributed by atoms with Gasteiger partial charge in [-0.05, 0) is 6.07 Å². The van der Waals surface area contributed by atoms with Crippen LogP contribution in [0.1, 0.15) is 12.0 Å². The molecule has 0 spiro atoms. The number of quaternary nitrogens is 1. The highest BCUT2D eigenvalue weighted by molar-refractivity contribution is 5.96. The van der Waals surface area contributed by atoms with Crippen molar-refractivity contribution in [1.82, 2.24) is 15.4 Å². The third-order valence-corrected chi connectivity index (χ3v) is 2.33. The minimum Gasteiger partial charge on any atom is -1.00 e. The number of carbonyl (C=O) groups excluding carboxylic acids is 1. The lowest BCUT2D eigenvalue weighted by atomic mass is 10.2. The molecule has 0 saturated heterocycles. The van der Waals surface area contributed by atoms with Crippen LogP contribution < -0.4 is 23.6 Å². The molecule has 0 aliphatic rings. The van der Waals surface area contributed by atoms with E-state index < -0.39 is 0 Å². The number of carbonyl (C=O) groups is 1. The summed E-state index contributed by atoms with van der Waals surface area (Å²) in [7, 11) is 0. The number of fused-ring (bicyclic) bond motifs is 1. The smallest absolute Gasteiger partial charge is 0.245 e. The Labute approximate surface area is 116 Å². The predicted molar refractivity (Wildman–Crippen MR) is 67.6 cm³/mol. The summed E-state index contributed by atoms with van der Waals surface area (Å²) in [6.45, 7) is 0.557. The molecule has 7 heteroatoms. The van der Waals surface area contributed by atoms with Gasteiger partial charge in [0.05, 0.1) is 30.2 Å². The van der Waals surface area contributed by atoms with Gasteiger partial charge in [-0.3, -0.25) is 14.8 Å². The molecular weight excluding hydrogens is 266 g/mol. The van der Waals surface area contributed by atoms with E-state index in [9.17, 15) is 4.79 Å². The average molecular weight is 280 g/mol. The molecule has 0 unspecified atom stereocenters. The van der Waals surface area contributed by atoms with Gasteiger partial charge in [0.15, 0.2) is 0 Å². The van der Waals surface area contributed by atoms with E-state index in [1.807, 2.05) is 18.2 Å². The second-order valence-corrected chi connectivity index (χ2v) is 3.67. The van der Waals surface area contributed by atoms with Crippen LogP contribution in [0.15, 0.2) is 35.7 Å². The van der Waals surface area contributed by atoms with E-state index in [0.29, 0.717) is 13.0 Å². The fourth-order valence-corrected chi connectivity index (χ4v) is 1.51. The summed E-state index contributed by atoms with van der Waals surface area (Å²) in [4.78, 5) is 19.6. The molecule has 0 aliphatic carbocycles. The van der Waals surface area contributed by atoms with E-state index in [1.54, 1.807) is 18.6 Å². The molecule has 0 atom stereocenters. The van der Waals surface area contributed by atoms with Crippen molar-refractivity contribution < 1.29 is 22.9 Å². The van der Waals surface area contributed by atoms with Gasteiger partial charge in [0.25, 0.3) is 0 Å². The van der Waals surface area contributed by atoms with Crippen LogP contribution in [0.4, 0.5) is 0 Å². The highest BCUT2D eigenvalue weighted by Gasteiger charge is 2.00. The summed E-state index contributed by atoms with van der Waals surface area (Å²) in [6, 6.07) is 5.62. The van der Waals surface area contributed by atoms with Crippen LogP contribution in [0.2, 0.25) is 0 Å². The van der Waals surface area contributed by atoms with Crippen LogP contribution in [0.5, 0.6) is 0 Å². The minimum absolute atomic E-state index is 0. The maximum atomic E-state index is 11.2. The Balaban J connectivity index is 0.00000180. The van der Waals surface area contributed by atoms with Gasteiger partial charge >= 0.3 is 0 Å². The van der Waals surface area contributed by atoms with Crippen LogP contribution in [-0.2, 0) is 4.79 Å². The van der Waals surface area contributed by atoms with Gasteiger partial charge in [0.2, 0.25) is 5.91 Å². The Morgan fingerprint density at radius 1 is 1.37 bits per heavy atom. The average Bonchev–Trinajstić information content (AvgIpc) is 2.39. The number of rotatable bonds is 4. The Kier molecular flexibility index (Phi) is 5.84. The number of nitrogens with one attached hydrogen (secondary N) is 1. The summed E-state index contributed by atoms with van der Waals surface area (Å²) < 4.78 is 0. The molecule has 6 nitrogen and oxygen atoms in total.